The van der Waals surface area contributed by atoms with Crippen LogP contribution in [0.15, 0.2) is 65.7 Å². The summed E-state index contributed by atoms with van der Waals surface area (Å²) in [4.78, 5) is 40.2. The molecule has 2 heterocycles. The zero-order chi connectivity index (χ0) is 25.8. The van der Waals surface area contributed by atoms with E-state index < -0.39 is 16.7 Å². The molecule has 0 radical (unpaired) electrons. The van der Waals surface area contributed by atoms with Crippen LogP contribution in [0.1, 0.15) is 15.9 Å². The van der Waals surface area contributed by atoms with Gasteiger partial charge in [-0.2, -0.15) is 5.01 Å². The molecule has 0 aliphatic carbocycles. The number of methoxy groups -OCH3 is 1. The van der Waals surface area contributed by atoms with Gasteiger partial charge in [0.2, 0.25) is 0 Å². The Kier molecular flexibility index (Phi) is 7.48. The Balaban J connectivity index is 1.53. The molecule has 1 aliphatic rings. The third kappa shape index (κ3) is 5.46. The van der Waals surface area contributed by atoms with Crippen molar-refractivity contribution in [2.75, 3.05) is 7.11 Å². The molecule has 2 aromatic carbocycles. The normalized spacial score (nSPS) is 14.2. The van der Waals surface area contributed by atoms with Crippen molar-refractivity contribution < 1.29 is 24.0 Å². The summed E-state index contributed by atoms with van der Waals surface area (Å²) < 4.78 is 11.1. The highest BCUT2D eigenvalue weighted by Crippen LogP contribution is 2.37. The summed E-state index contributed by atoms with van der Waals surface area (Å²) in [5.74, 6) is -0.757. The highest BCUT2D eigenvalue weighted by molar-refractivity contribution is 8.26. The highest BCUT2D eigenvalue weighted by Gasteiger charge is 2.34. The van der Waals surface area contributed by atoms with Gasteiger partial charge in [0.05, 0.1) is 16.9 Å². The van der Waals surface area contributed by atoms with Gasteiger partial charge in [0.15, 0.2) is 15.8 Å². The molecule has 1 N–H and O–H groups in total. The van der Waals surface area contributed by atoms with Crippen molar-refractivity contribution in [2.45, 2.75) is 0 Å². The van der Waals surface area contributed by atoms with E-state index in [9.17, 15) is 19.7 Å². The summed E-state index contributed by atoms with van der Waals surface area (Å²) in [7, 11) is 1.41. The first-order chi connectivity index (χ1) is 17.3. The highest BCUT2D eigenvalue weighted by atomic mass is 35.5. The fourth-order valence-corrected chi connectivity index (χ4v) is 4.35. The molecule has 2 amide bonds. The Bertz CT molecular complexity index is 1410. The van der Waals surface area contributed by atoms with Gasteiger partial charge >= 0.3 is 5.69 Å². The van der Waals surface area contributed by atoms with Crippen LogP contribution >= 0.6 is 35.6 Å². The van der Waals surface area contributed by atoms with E-state index >= 15 is 0 Å². The number of nitrogens with zero attached hydrogens (tertiary/aromatic N) is 3. The van der Waals surface area contributed by atoms with Crippen LogP contribution in [0.25, 0.3) is 6.08 Å². The standard InChI is InChI=1S/C23H15ClN4O6S2/c1-33-18-11-13(4-9-17(18)34-21-16(28(31)32)3-2-10-25-21)12-19-22(30)27(23(35)36-19)26-20(29)14-5-7-15(24)8-6-14/h2-12H,1H3,(H,26,29)/b19-12-. The van der Waals surface area contributed by atoms with Crippen LogP contribution in [0.4, 0.5) is 5.69 Å². The number of pyridine rings is 1. The number of ether oxygens (including phenoxy) is 2. The summed E-state index contributed by atoms with van der Waals surface area (Å²) in [5, 5.41) is 12.7. The number of thiocarbonyl (C=S) groups is 1. The third-order valence-corrected chi connectivity index (χ3v) is 6.31. The average molecular weight is 543 g/mol. The van der Waals surface area contributed by atoms with Crippen molar-refractivity contribution in [1.82, 2.24) is 15.4 Å². The molecule has 1 fully saturated rings. The molecular formula is C23H15ClN4O6S2. The Morgan fingerprint density at radius 2 is 1.97 bits per heavy atom. The summed E-state index contributed by atoms with van der Waals surface area (Å²) in [6.45, 7) is 0. The predicted molar refractivity (Wildman–Crippen MR) is 138 cm³/mol. The molecule has 10 nitrogen and oxygen atoms in total. The first-order valence-electron chi connectivity index (χ1n) is 10.1. The molecule has 1 aromatic heterocycles. The smallest absolute Gasteiger partial charge is 0.331 e. The van der Waals surface area contributed by atoms with E-state index in [0.29, 0.717) is 16.1 Å². The second-order valence-corrected chi connectivity index (χ2v) is 9.17. The number of benzene rings is 2. The minimum Gasteiger partial charge on any atom is -0.493 e. The molecule has 3 aromatic rings. The lowest BCUT2D eigenvalue weighted by molar-refractivity contribution is -0.386. The SMILES string of the molecule is COc1cc(/C=C2\SC(=S)N(NC(=O)c3ccc(Cl)cc3)C2=O)ccc1Oc1ncccc1[N+](=O)[O-]. The molecule has 0 bridgehead atoms. The van der Waals surface area contributed by atoms with Gasteiger partial charge < -0.3 is 9.47 Å². The number of hydrogen-bond acceptors (Lipinski definition) is 9. The van der Waals surface area contributed by atoms with E-state index in [-0.39, 0.29) is 32.3 Å². The van der Waals surface area contributed by atoms with Crippen LogP contribution in [-0.2, 0) is 4.79 Å². The molecule has 0 spiro atoms. The average Bonchev–Trinajstić information content (AvgIpc) is 3.12. The van der Waals surface area contributed by atoms with Crippen LogP contribution in [0, 0.1) is 10.1 Å². The van der Waals surface area contributed by atoms with Crippen molar-refractivity contribution in [3.05, 3.63) is 92.0 Å². The van der Waals surface area contributed by atoms with Crippen LogP contribution in [0.5, 0.6) is 17.4 Å². The topological polar surface area (TPSA) is 124 Å². The van der Waals surface area contributed by atoms with Gasteiger partial charge in [-0.1, -0.05) is 29.4 Å². The maximum Gasteiger partial charge on any atom is 0.331 e. The van der Waals surface area contributed by atoms with Gasteiger partial charge in [-0.15, -0.1) is 0 Å². The zero-order valence-electron chi connectivity index (χ0n) is 18.3. The first-order valence-corrected chi connectivity index (χ1v) is 11.7. The van der Waals surface area contributed by atoms with E-state index in [1.54, 1.807) is 30.3 Å². The van der Waals surface area contributed by atoms with E-state index in [4.69, 9.17) is 33.3 Å². The molecule has 0 unspecified atom stereocenters. The summed E-state index contributed by atoms with van der Waals surface area (Å²) in [5.41, 5.74) is 3.08. The largest absolute Gasteiger partial charge is 0.493 e. The van der Waals surface area contributed by atoms with Crippen LogP contribution in [-0.4, -0.2) is 38.2 Å². The van der Waals surface area contributed by atoms with Crippen molar-refractivity contribution in [1.29, 1.82) is 0 Å². The molecule has 182 valence electrons. The Morgan fingerprint density at radius 3 is 2.67 bits per heavy atom. The van der Waals surface area contributed by atoms with Crippen LogP contribution < -0.4 is 14.9 Å². The van der Waals surface area contributed by atoms with E-state index in [2.05, 4.69) is 10.4 Å². The minimum absolute atomic E-state index is 0.156. The molecule has 1 aliphatic heterocycles. The van der Waals surface area contributed by atoms with Gasteiger partial charge in [0.25, 0.3) is 17.7 Å². The minimum atomic E-state index is -0.600. The number of carbonyl (C=O) groups is 2. The second kappa shape index (κ2) is 10.7. The number of hydrogen-bond donors (Lipinski definition) is 1. The molecule has 0 atom stereocenters. The van der Waals surface area contributed by atoms with E-state index in [1.807, 2.05) is 0 Å². The summed E-state index contributed by atoms with van der Waals surface area (Å²) in [6.07, 6.45) is 2.94. The number of halogens is 1. The van der Waals surface area contributed by atoms with Crippen molar-refractivity contribution in [2.24, 2.45) is 0 Å². The van der Waals surface area contributed by atoms with Gasteiger partial charge in [-0.3, -0.25) is 25.1 Å². The van der Waals surface area contributed by atoms with Crippen molar-refractivity contribution >= 4 is 63.5 Å². The van der Waals surface area contributed by atoms with E-state index in [0.717, 1.165) is 16.8 Å². The monoisotopic (exact) mass is 542 g/mol. The summed E-state index contributed by atoms with van der Waals surface area (Å²) >= 11 is 12.1. The fraction of sp³-hybridized carbons (Fsp3) is 0.0435. The van der Waals surface area contributed by atoms with Gasteiger partial charge in [-0.05, 0) is 66.3 Å². The lowest BCUT2D eigenvalue weighted by Gasteiger charge is -2.15. The number of carbonyl (C=O) groups excluding carboxylic acids is 2. The number of nitrogens with one attached hydrogen (secondary N) is 1. The van der Waals surface area contributed by atoms with Crippen molar-refractivity contribution in [3.63, 3.8) is 0 Å². The predicted octanol–water partition coefficient (Wildman–Crippen LogP) is 4.99. The number of hydrazine groups is 1. The van der Waals surface area contributed by atoms with Gasteiger partial charge in [-0.25, -0.2) is 4.98 Å². The first kappa shape index (κ1) is 25.1. The molecule has 4 rings (SSSR count). The number of aromatic nitrogens is 1. The number of amides is 2. The van der Waals surface area contributed by atoms with Gasteiger partial charge in [0.1, 0.15) is 0 Å². The lowest BCUT2D eigenvalue weighted by Crippen LogP contribution is -2.44. The van der Waals surface area contributed by atoms with Gasteiger partial charge in [0, 0.05) is 22.8 Å². The zero-order valence-corrected chi connectivity index (χ0v) is 20.7. The summed E-state index contributed by atoms with van der Waals surface area (Å²) in [6, 6.07) is 13.6. The molecule has 1 saturated heterocycles. The molecule has 36 heavy (non-hydrogen) atoms. The Hall–Kier alpha value is -4.00. The fourth-order valence-electron chi connectivity index (χ4n) is 3.05. The Labute approximate surface area is 219 Å². The molecule has 0 saturated carbocycles. The lowest BCUT2D eigenvalue weighted by atomic mass is 10.2. The van der Waals surface area contributed by atoms with Crippen molar-refractivity contribution in [3.8, 4) is 17.4 Å². The number of nitro groups is 1. The maximum atomic E-state index is 12.9. The number of rotatable bonds is 7. The van der Waals surface area contributed by atoms with E-state index in [1.165, 1.54) is 43.6 Å². The number of thioether (sulfide) groups is 1. The maximum absolute atomic E-state index is 12.9. The van der Waals surface area contributed by atoms with Crippen LogP contribution in [0.2, 0.25) is 5.02 Å². The third-order valence-electron chi connectivity index (χ3n) is 4.75. The van der Waals surface area contributed by atoms with Crippen LogP contribution in [0.3, 0.4) is 0 Å². The second-order valence-electron chi connectivity index (χ2n) is 7.06. The Morgan fingerprint density at radius 1 is 1.22 bits per heavy atom. The quantitative estimate of drug-likeness (QED) is 0.190. The molecular weight excluding hydrogens is 528 g/mol. The molecule has 13 heteroatoms.